The lowest BCUT2D eigenvalue weighted by molar-refractivity contribution is -0.128. The summed E-state index contributed by atoms with van der Waals surface area (Å²) in [4.78, 5) is 24.7. The van der Waals surface area contributed by atoms with Gasteiger partial charge in [0.2, 0.25) is 11.8 Å². The van der Waals surface area contributed by atoms with Gasteiger partial charge in [0.1, 0.15) is 5.50 Å². The fourth-order valence-corrected chi connectivity index (χ4v) is 2.59. The van der Waals surface area contributed by atoms with Crippen LogP contribution in [-0.2, 0) is 9.59 Å². The second-order valence-corrected chi connectivity index (χ2v) is 4.90. The second-order valence-electron chi connectivity index (χ2n) is 3.80. The fourth-order valence-electron chi connectivity index (χ4n) is 1.61. The van der Waals surface area contributed by atoms with E-state index in [9.17, 15) is 9.59 Å². The number of nitrogens with two attached hydrogens (primary N) is 1. The lowest BCUT2D eigenvalue weighted by atomic mass is 10.3. The molecule has 1 heterocycles. The molecule has 1 rings (SSSR count). The average Bonchev–Trinajstić information content (AvgIpc) is 2.27. The highest BCUT2D eigenvalue weighted by Gasteiger charge is 2.24. The van der Waals surface area contributed by atoms with Crippen molar-refractivity contribution in [2.75, 3.05) is 18.8 Å². The molecule has 2 unspecified atom stereocenters. The van der Waals surface area contributed by atoms with E-state index >= 15 is 0 Å². The highest BCUT2D eigenvalue weighted by molar-refractivity contribution is 8.00. The molecular weight excluding hydrogens is 240 g/mol. The third-order valence-corrected chi connectivity index (χ3v) is 3.55. The molecule has 2 atom stereocenters. The van der Waals surface area contributed by atoms with E-state index in [-0.39, 0.29) is 29.9 Å². The smallest absolute Gasteiger partial charge is 0.232 e. The van der Waals surface area contributed by atoms with Gasteiger partial charge in [-0.2, -0.15) is 0 Å². The SMILES string of the molecule is CCN(CC)C(=O)CSC1NC(=O)CC(N)N1. The van der Waals surface area contributed by atoms with Crippen LogP contribution in [-0.4, -0.2) is 47.2 Å². The van der Waals surface area contributed by atoms with Crippen molar-refractivity contribution in [3.05, 3.63) is 0 Å². The Morgan fingerprint density at radius 1 is 1.53 bits per heavy atom. The van der Waals surface area contributed by atoms with Crippen LogP contribution >= 0.6 is 11.8 Å². The van der Waals surface area contributed by atoms with Crippen molar-refractivity contribution >= 4 is 23.6 Å². The van der Waals surface area contributed by atoms with Crippen LogP contribution in [0.4, 0.5) is 0 Å². The van der Waals surface area contributed by atoms with Crippen molar-refractivity contribution in [1.29, 1.82) is 0 Å². The number of nitrogens with zero attached hydrogens (tertiary/aromatic N) is 1. The van der Waals surface area contributed by atoms with Crippen LogP contribution in [0.1, 0.15) is 20.3 Å². The zero-order chi connectivity index (χ0) is 12.8. The Morgan fingerprint density at radius 3 is 2.71 bits per heavy atom. The Hall–Kier alpha value is -0.790. The van der Waals surface area contributed by atoms with Gasteiger partial charge >= 0.3 is 0 Å². The molecule has 0 aromatic rings. The summed E-state index contributed by atoms with van der Waals surface area (Å²) in [6.45, 7) is 5.31. The molecule has 0 radical (unpaired) electrons. The number of thioether (sulfide) groups is 1. The van der Waals surface area contributed by atoms with Gasteiger partial charge in [-0.25, -0.2) is 0 Å². The highest BCUT2D eigenvalue weighted by Crippen LogP contribution is 2.11. The van der Waals surface area contributed by atoms with Gasteiger partial charge in [-0.3, -0.25) is 14.9 Å². The van der Waals surface area contributed by atoms with E-state index in [2.05, 4.69) is 10.6 Å². The van der Waals surface area contributed by atoms with E-state index in [0.29, 0.717) is 18.8 Å². The molecule has 0 bridgehead atoms. The van der Waals surface area contributed by atoms with Crippen molar-refractivity contribution in [2.24, 2.45) is 5.73 Å². The van der Waals surface area contributed by atoms with E-state index in [1.165, 1.54) is 11.8 Å². The first kappa shape index (κ1) is 14.3. The molecule has 17 heavy (non-hydrogen) atoms. The molecule has 1 aliphatic rings. The monoisotopic (exact) mass is 260 g/mol. The maximum absolute atomic E-state index is 11.7. The minimum absolute atomic E-state index is 0.0789. The Kier molecular flexibility index (Phi) is 5.73. The van der Waals surface area contributed by atoms with Gasteiger partial charge in [0.25, 0.3) is 0 Å². The zero-order valence-electron chi connectivity index (χ0n) is 10.2. The molecule has 1 saturated heterocycles. The Bertz CT molecular complexity index is 283. The van der Waals surface area contributed by atoms with E-state index in [4.69, 9.17) is 5.73 Å². The van der Waals surface area contributed by atoms with Gasteiger partial charge in [-0.1, -0.05) is 0 Å². The maximum atomic E-state index is 11.7. The van der Waals surface area contributed by atoms with Crippen LogP contribution in [0, 0.1) is 0 Å². The average molecular weight is 260 g/mol. The molecule has 6 nitrogen and oxygen atoms in total. The molecule has 0 saturated carbocycles. The predicted molar refractivity (Wildman–Crippen MR) is 68.0 cm³/mol. The van der Waals surface area contributed by atoms with Crippen LogP contribution in [0.2, 0.25) is 0 Å². The second kappa shape index (κ2) is 6.83. The quantitative estimate of drug-likeness (QED) is 0.606. The van der Waals surface area contributed by atoms with E-state index in [1.54, 1.807) is 4.90 Å². The predicted octanol–water partition coefficient (Wildman–Crippen LogP) is -0.734. The normalized spacial score (nSPS) is 24.3. The summed E-state index contributed by atoms with van der Waals surface area (Å²) in [5, 5.41) is 5.75. The van der Waals surface area contributed by atoms with Crippen molar-refractivity contribution in [3.63, 3.8) is 0 Å². The number of carbonyl (C=O) groups is 2. The molecule has 7 heteroatoms. The molecule has 98 valence electrons. The lowest BCUT2D eigenvalue weighted by Gasteiger charge is -2.29. The number of nitrogens with one attached hydrogen (secondary N) is 2. The van der Waals surface area contributed by atoms with Gasteiger partial charge < -0.3 is 16.0 Å². The van der Waals surface area contributed by atoms with Crippen molar-refractivity contribution < 1.29 is 9.59 Å². The Labute approximate surface area is 106 Å². The number of carbonyl (C=O) groups excluding carboxylic acids is 2. The first-order valence-corrected chi connectivity index (χ1v) is 6.82. The van der Waals surface area contributed by atoms with Crippen LogP contribution in [0.15, 0.2) is 0 Å². The first-order valence-electron chi connectivity index (χ1n) is 5.77. The number of hydrogen-bond donors (Lipinski definition) is 3. The number of rotatable bonds is 5. The van der Waals surface area contributed by atoms with Crippen LogP contribution in [0.3, 0.4) is 0 Å². The Balaban J connectivity index is 2.34. The van der Waals surface area contributed by atoms with Gasteiger partial charge in [0, 0.05) is 13.1 Å². The molecule has 4 N–H and O–H groups in total. The third-order valence-electron chi connectivity index (χ3n) is 2.55. The number of hydrogen-bond acceptors (Lipinski definition) is 5. The minimum atomic E-state index is -0.329. The zero-order valence-corrected chi connectivity index (χ0v) is 11.0. The Morgan fingerprint density at radius 2 is 2.18 bits per heavy atom. The third kappa shape index (κ3) is 4.53. The van der Waals surface area contributed by atoms with Gasteiger partial charge in [0.15, 0.2) is 0 Å². The summed E-state index contributed by atoms with van der Waals surface area (Å²) < 4.78 is 0. The molecule has 1 fully saturated rings. The molecule has 0 aromatic heterocycles. The summed E-state index contributed by atoms with van der Waals surface area (Å²) in [7, 11) is 0. The summed E-state index contributed by atoms with van der Waals surface area (Å²) in [5.74, 6) is 0.339. The van der Waals surface area contributed by atoms with Gasteiger partial charge in [-0.05, 0) is 13.8 Å². The molecule has 0 aliphatic carbocycles. The summed E-state index contributed by atoms with van der Waals surface area (Å²) >= 11 is 1.36. The largest absolute Gasteiger partial charge is 0.343 e. The van der Waals surface area contributed by atoms with E-state index < -0.39 is 0 Å². The van der Waals surface area contributed by atoms with E-state index in [1.807, 2.05) is 13.8 Å². The minimum Gasteiger partial charge on any atom is -0.343 e. The fraction of sp³-hybridized carbons (Fsp3) is 0.800. The first-order chi connectivity index (χ1) is 8.06. The highest BCUT2D eigenvalue weighted by atomic mass is 32.2. The topological polar surface area (TPSA) is 87.5 Å². The summed E-state index contributed by atoms with van der Waals surface area (Å²) in [6, 6.07) is 0. The van der Waals surface area contributed by atoms with Crippen LogP contribution < -0.4 is 16.4 Å². The summed E-state index contributed by atoms with van der Waals surface area (Å²) in [6.07, 6.45) is -0.0501. The standard InChI is InChI=1S/C10H20N4O2S/c1-3-14(4-2)9(16)6-17-10-12-7(11)5-8(15)13-10/h7,10,12H,3-6,11H2,1-2H3,(H,13,15). The van der Waals surface area contributed by atoms with Crippen molar-refractivity contribution in [1.82, 2.24) is 15.5 Å². The molecule has 0 spiro atoms. The molecular formula is C10H20N4O2S. The summed E-state index contributed by atoms with van der Waals surface area (Å²) in [5.41, 5.74) is 5.38. The van der Waals surface area contributed by atoms with Crippen molar-refractivity contribution in [2.45, 2.75) is 31.9 Å². The molecule has 1 aliphatic heterocycles. The van der Waals surface area contributed by atoms with Crippen LogP contribution in [0.5, 0.6) is 0 Å². The molecule has 2 amide bonds. The van der Waals surface area contributed by atoms with E-state index in [0.717, 1.165) is 0 Å². The van der Waals surface area contributed by atoms with Crippen molar-refractivity contribution in [3.8, 4) is 0 Å². The molecule has 0 aromatic carbocycles. The number of amides is 2. The van der Waals surface area contributed by atoms with Gasteiger partial charge in [-0.15, -0.1) is 11.8 Å². The van der Waals surface area contributed by atoms with Gasteiger partial charge in [0.05, 0.1) is 18.3 Å². The van der Waals surface area contributed by atoms with Crippen LogP contribution in [0.25, 0.3) is 0 Å². The maximum Gasteiger partial charge on any atom is 0.232 e. The lowest BCUT2D eigenvalue weighted by Crippen LogP contribution is -2.58.